The van der Waals surface area contributed by atoms with Gasteiger partial charge in [-0.1, -0.05) is 12.1 Å². The fourth-order valence-corrected chi connectivity index (χ4v) is 1.68. The standard InChI is InChI=1S/C11H8F9N/c12-9(13,14)6-3-1-5(2-4-6)7(21)8(10(15,16)17)11(18,19)20/h1-4,7-8H,21H2. The van der Waals surface area contributed by atoms with Gasteiger partial charge in [0, 0.05) is 0 Å². The van der Waals surface area contributed by atoms with E-state index in [4.69, 9.17) is 5.73 Å². The molecule has 1 rings (SSSR count). The van der Waals surface area contributed by atoms with Gasteiger partial charge in [-0.25, -0.2) is 0 Å². The van der Waals surface area contributed by atoms with Crippen LogP contribution in [0.3, 0.4) is 0 Å². The van der Waals surface area contributed by atoms with E-state index in [-0.39, 0.29) is 0 Å². The third-order valence-electron chi connectivity index (χ3n) is 2.69. The molecule has 2 N–H and O–H groups in total. The van der Waals surface area contributed by atoms with Crippen LogP contribution in [-0.2, 0) is 6.18 Å². The van der Waals surface area contributed by atoms with Gasteiger partial charge in [-0.3, -0.25) is 0 Å². The largest absolute Gasteiger partial charge is 0.416 e. The number of hydrogen-bond acceptors (Lipinski definition) is 1. The van der Waals surface area contributed by atoms with Crippen LogP contribution in [0.1, 0.15) is 17.2 Å². The molecule has 1 nitrogen and oxygen atoms in total. The molecule has 0 aliphatic carbocycles. The number of halogens is 9. The minimum atomic E-state index is -5.67. The number of nitrogens with two attached hydrogens (primary N) is 1. The highest BCUT2D eigenvalue weighted by Gasteiger charge is 2.59. The van der Waals surface area contributed by atoms with Crippen LogP contribution >= 0.6 is 0 Å². The molecule has 120 valence electrons. The van der Waals surface area contributed by atoms with E-state index < -0.39 is 41.6 Å². The summed E-state index contributed by atoms with van der Waals surface area (Å²) in [6.45, 7) is 0. The predicted molar refractivity (Wildman–Crippen MR) is 54.0 cm³/mol. The maximum absolute atomic E-state index is 12.4. The van der Waals surface area contributed by atoms with Crippen LogP contribution in [0.2, 0.25) is 0 Å². The van der Waals surface area contributed by atoms with Gasteiger partial charge in [-0.15, -0.1) is 0 Å². The van der Waals surface area contributed by atoms with Crippen molar-refractivity contribution < 1.29 is 39.5 Å². The SMILES string of the molecule is NC(c1ccc(C(F)(F)F)cc1)C(C(F)(F)F)C(F)(F)F. The van der Waals surface area contributed by atoms with Crippen molar-refractivity contribution in [2.75, 3.05) is 0 Å². The first kappa shape index (κ1) is 17.6. The average Bonchev–Trinajstić information content (AvgIpc) is 2.24. The van der Waals surface area contributed by atoms with E-state index >= 15 is 0 Å². The Labute approximate surface area is 112 Å². The smallest absolute Gasteiger partial charge is 0.323 e. The van der Waals surface area contributed by atoms with Gasteiger partial charge in [0.1, 0.15) is 0 Å². The van der Waals surface area contributed by atoms with Crippen molar-refractivity contribution in [2.45, 2.75) is 24.6 Å². The summed E-state index contributed by atoms with van der Waals surface area (Å²) in [6.07, 6.45) is -16.1. The summed E-state index contributed by atoms with van der Waals surface area (Å²) in [5, 5.41) is 0. The number of hydrogen-bond donors (Lipinski definition) is 1. The normalized spacial score (nSPS) is 15.4. The highest BCUT2D eigenvalue weighted by atomic mass is 19.4. The van der Waals surface area contributed by atoms with Crippen LogP contribution in [0, 0.1) is 5.92 Å². The van der Waals surface area contributed by atoms with E-state index in [1.54, 1.807) is 0 Å². The lowest BCUT2D eigenvalue weighted by atomic mass is 9.92. The molecular formula is C11H8F9N. The highest BCUT2D eigenvalue weighted by Crippen LogP contribution is 2.45. The maximum Gasteiger partial charge on any atom is 0.416 e. The third-order valence-corrected chi connectivity index (χ3v) is 2.69. The van der Waals surface area contributed by atoms with Crippen molar-refractivity contribution in [3.63, 3.8) is 0 Å². The molecule has 0 amide bonds. The van der Waals surface area contributed by atoms with Crippen molar-refractivity contribution in [2.24, 2.45) is 11.7 Å². The van der Waals surface area contributed by atoms with E-state index in [0.717, 1.165) is 0 Å². The summed E-state index contributed by atoms with van der Waals surface area (Å²) in [7, 11) is 0. The summed E-state index contributed by atoms with van der Waals surface area (Å²) in [4.78, 5) is 0. The van der Waals surface area contributed by atoms with E-state index in [9.17, 15) is 39.5 Å². The molecule has 0 radical (unpaired) electrons. The molecule has 10 heteroatoms. The molecule has 0 bridgehead atoms. The van der Waals surface area contributed by atoms with Crippen LogP contribution in [0.4, 0.5) is 39.5 Å². The molecule has 1 aromatic rings. The van der Waals surface area contributed by atoms with Crippen LogP contribution < -0.4 is 5.73 Å². The molecule has 0 spiro atoms. The van der Waals surface area contributed by atoms with Gasteiger partial charge in [0.2, 0.25) is 0 Å². The van der Waals surface area contributed by atoms with Crippen LogP contribution in [0.25, 0.3) is 0 Å². The van der Waals surface area contributed by atoms with Gasteiger partial charge in [0.15, 0.2) is 5.92 Å². The molecule has 1 unspecified atom stereocenters. The maximum atomic E-state index is 12.4. The van der Waals surface area contributed by atoms with Crippen LogP contribution in [0.15, 0.2) is 24.3 Å². The predicted octanol–water partition coefficient (Wildman–Crippen LogP) is 4.45. The lowest BCUT2D eigenvalue weighted by Gasteiger charge is -2.28. The molecule has 1 atom stereocenters. The van der Waals surface area contributed by atoms with Crippen molar-refractivity contribution in [1.82, 2.24) is 0 Å². The Morgan fingerprint density at radius 2 is 1.10 bits per heavy atom. The van der Waals surface area contributed by atoms with Crippen molar-refractivity contribution in [1.29, 1.82) is 0 Å². The Hall–Kier alpha value is -1.45. The molecule has 21 heavy (non-hydrogen) atoms. The molecule has 1 aromatic carbocycles. The van der Waals surface area contributed by atoms with Crippen molar-refractivity contribution in [3.8, 4) is 0 Å². The van der Waals surface area contributed by atoms with Gasteiger partial charge in [0.05, 0.1) is 11.6 Å². The number of alkyl halides is 9. The minimum absolute atomic E-state index is 0.374. The fourth-order valence-electron chi connectivity index (χ4n) is 1.68. The number of rotatable bonds is 2. The topological polar surface area (TPSA) is 26.0 Å². The Kier molecular flexibility index (Phi) is 4.52. The van der Waals surface area contributed by atoms with Gasteiger partial charge in [-0.05, 0) is 17.7 Å². The summed E-state index contributed by atoms with van der Waals surface area (Å²) < 4.78 is 111. The number of benzene rings is 1. The van der Waals surface area contributed by atoms with Gasteiger partial charge >= 0.3 is 18.5 Å². The minimum Gasteiger partial charge on any atom is -0.323 e. The second kappa shape index (κ2) is 5.39. The summed E-state index contributed by atoms with van der Waals surface area (Å²) in [6, 6.07) is -0.805. The summed E-state index contributed by atoms with van der Waals surface area (Å²) in [5.41, 5.74) is 3.06. The van der Waals surface area contributed by atoms with E-state index in [2.05, 4.69) is 0 Å². The zero-order chi connectivity index (χ0) is 16.6. The first-order chi connectivity index (χ1) is 9.24. The quantitative estimate of drug-likeness (QED) is 0.799. The zero-order valence-electron chi connectivity index (χ0n) is 9.94. The molecule has 0 fully saturated rings. The van der Waals surface area contributed by atoms with Gasteiger partial charge in [0.25, 0.3) is 0 Å². The Bertz CT molecular complexity index is 454. The Morgan fingerprint density at radius 1 is 0.714 bits per heavy atom. The van der Waals surface area contributed by atoms with Crippen LogP contribution in [0.5, 0.6) is 0 Å². The van der Waals surface area contributed by atoms with E-state index in [0.29, 0.717) is 24.3 Å². The monoisotopic (exact) mass is 325 g/mol. The first-order valence-corrected chi connectivity index (χ1v) is 5.30. The summed E-state index contributed by atoms with van der Waals surface area (Å²) >= 11 is 0. The van der Waals surface area contributed by atoms with Gasteiger partial charge < -0.3 is 5.73 Å². The second-order valence-electron chi connectivity index (χ2n) is 4.21. The fraction of sp³-hybridized carbons (Fsp3) is 0.455. The Morgan fingerprint density at radius 3 is 1.38 bits per heavy atom. The molecule has 0 aliphatic rings. The molecule has 0 heterocycles. The molecular weight excluding hydrogens is 317 g/mol. The lowest BCUT2D eigenvalue weighted by Crippen LogP contribution is -2.43. The van der Waals surface area contributed by atoms with Crippen molar-refractivity contribution >= 4 is 0 Å². The zero-order valence-corrected chi connectivity index (χ0v) is 9.94. The third kappa shape index (κ3) is 4.26. The Balaban J connectivity index is 3.14. The highest BCUT2D eigenvalue weighted by molar-refractivity contribution is 5.27. The van der Waals surface area contributed by atoms with Crippen molar-refractivity contribution in [3.05, 3.63) is 35.4 Å². The molecule has 0 aliphatic heterocycles. The van der Waals surface area contributed by atoms with Gasteiger partial charge in [-0.2, -0.15) is 39.5 Å². The molecule has 0 aromatic heterocycles. The average molecular weight is 325 g/mol. The second-order valence-corrected chi connectivity index (χ2v) is 4.21. The van der Waals surface area contributed by atoms with E-state index in [1.807, 2.05) is 0 Å². The van der Waals surface area contributed by atoms with Crippen LogP contribution in [-0.4, -0.2) is 12.4 Å². The summed E-state index contributed by atoms with van der Waals surface area (Å²) in [5.74, 6) is -3.86. The first-order valence-electron chi connectivity index (χ1n) is 5.30. The lowest BCUT2D eigenvalue weighted by molar-refractivity contribution is -0.290. The van der Waals surface area contributed by atoms with E-state index in [1.165, 1.54) is 0 Å². The molecule has 0 saturated heterocycles. The molecule has 0 saturated carbocycles.